The van der Waals surface area contributed by atoms with Crippen LogP contribution >= 0.6 is 0 Å². The Morgan fingerprint density at radius 3 is 1.75 bits per heavy atom. The van der Waals surface area contributed by atoms with Crippen LogP contribution in [0.2, 0.25) is 47.7 Å². The van der Waals surface area contributed by atoms with Crippen LogP contribution in [0.15, 0.2) is 0 Å². The molecule has 0 amide bonds. The van der Waals surface area contributed by atoms with Gasteiger partial charge in [-0.15, -0.1) is 0 Å². The number of fused-ring (bicyclic) bond motifs is 10. The van der Waals surface area contributed by atoms with E-state index in [9.17, 15) is 0 Å². The Morgan fingerprint density at radius 1 is 1.00 bits per heavy atom. The summed E-state index contributed by atoms with van der Waals surface area (Å²) in [7, 11) is 0. The number of hydrogen-bond acceptors (Lipinski definition) is 1. The van der Waals surface area contributed by atoms with Crippen molar-refractivity contribution in [1.29, 1.82) is 0 Å². The fraction of sp³-hybridized carbons (Fsp3) is 1.00. The minimum absolute atomic E-state index is 0.700. The van der Waals surface area contributed by atoms with Crippen molar-refractivity contribution in [3.63, 3.8) is 0 Å². The van der Waals surface area contributed by atoms with Gasteiger partial charge >= 0.3 is 85.5 Å². The second-order valence-electron chi connectivity index (χ2n) is 10.8. The zero-order chi connectivity index (χ0) is 10.0. The van der Waals surface area contributed by atoms with Crippen molar-refractivity contribution < 1.29 is 11.2 Å². The van der Waals surface area contributed by atoms with E-state index in [-0.39, 0.29) is 0 Å². The van der Waals surface area contributed by atoms with Crippen molar-refractivity contribution in [1.82, 2.24) is 0 Å². The van der Waals surface area contributed by atoms with Crippen LogP contribution in [0.1, 0.15) is 13.8 Å². The quantitative estimate of drug-likeness (QED) is 0.690. The molecule has 1 nitrogen and oxygen atoms in total. The first kappa shape index (κ1) is 6.08. The Balaban J connectivity index is 1.60. The Hall–Kier alpha value is 0.479. The van der Waals surface area contributed by atoms with Gasteiger partial charge in [-0.05, 0) is 0 Å². The molecule has 10 fully saturated rings. The molecule has 2 heteroatoms. The first-order valence-corrected chi connectivity index (χ1v) is 13.6. The summed E-state index contributed by atoms with van der Waals surface area (Å²) < 4.78 is 7.18. The summed E-state index contributed by atoms with van der Waals surface area (Å²) in [5.74, 6) is 0. The van der Waals surface area contributed by atoms with Crippen molar-refractivity contribution in [3.05, 3.63) is 0 Å². The molecule has 0 aliphatic carbocycles. The van der Waals surface area contributed by atoms with E-state index in [1.54, 1.807) is 0 Å². The van der Waals surface area contributed by atoms with Gasteiger partial charge < -0.3 is 0 Å². The van der Waals surface area contributed by atoms with Crippen LogP contribution in [0.3, 0.4) is 0 Å². The molecule has 5 atom stereocenters. The molecule has 0 N–H and O–H groups in total. The van der Waals surface area contributed by atoms with Crippen molar-refractivity contribution in [3.8, 4) is 0 Å². The third-order valence-electron chi connectivity index (χ3n) is 15.8. The third kappa shape index (κ3) is 0.0532. The van der Waals surface area contributed by atoms with Gasteiger partial charge in [0.2, 0.25) is 0 Å². The number of ether oxygens (including phenoxy) is 1. The maximum atomic E-state index is 6.20. The normalized spacial score (nSPS) is 128. The Morgan fingerprint density at radius 2 is 1.50 bits per heavy atom. The predicted octanol–water partition coefficient (Wildman–Crippen LogP) is 4.17. The van der Waals surface area contributed by atoms with Crippen molar-refractivity contribution in [2.45, 2.75) is 67.6 Å². The molecule has 0 saturated carbocycles. The molecule has 0 bridgehead atoms. The van der Waals surface area contributed by atoms with Crippen LogP contribution in [0.4, 0.5) is 0 Å². The molecule has 10 aliphatic heterocycles. The van der Waals surface area contributed by atoms with Crippen LogP contribution in [-0.4, -0.2) is 12.7 Å². The van der Waals surface area contributed by atoms with Crippen molar-refractivity contribution in [2.75, 3.05) is 6.61 Å². The average molecular weight is 258 g/mol. The summed E-state index contributed by atoms with van der Waals surface area (Å²) in [4.78, 5) is 13.1. The summed E-state index contributed by atoms with van der Waals surface area (Å²) in [6.07, 6.45) is 0.700. The Labute approximate surface area is 85.6 Å². The minimum atomic E-state index is -2.78. The average Bonchev–Trinajstić information content (AvgIpc) is 3.23. The topological polar surface area (TPSA) is 9.23 Å². The van der Waals surface area contributed by atoms with Gasteiger partial charge in [-0.1, -0.05) is 0 Å². The Kier molecular flexibility index (Phi) is 0.177. The van der Waals surface area contributed by atoms with Crippen LogP contribution in [0.25, 0.3) is 0 Å². The predicted molar refractivity (Wildman–Crippen MR) is 57.5 cm³/mol. The van der Waals surface area contributed by atoms with Gasteiger partial charge in [0.1, 0.15) is 0 Å². The summed E-state index contributed by atoms with van der Waals surface area (Å²) >= 11 is 0. The molecule has 10 saturated heterocycles. The molecule has 0 radical (unpaired) electrons. The zero-order valence-corrected chi connectivity index (χ0v) is 10.8. The van der Waals surface area contributed by atoms with Crippen molar-refractivity contribution in [2.24, 2.45) is 0 Å². The van der Waals surface area contributed by atoms with Gasteiger partial charge in [0.05, 0.1) is 0 Å². The molecule has 0 aromatic rings. The molecule has 10 heterocycles. The fourth-order valence-electron chi connectivity index (χ4n) is 17.9. The van der Waals surface area contributed by atoms with E-state index in [0.717, 1.165) is 10.9 Å². The van der Waals surface area contributed by atoms with E-state index in [1.807, 2.05) is 0 Å². The summed E-state index contributed by atoms with van der Waals surface area (Å²) in [5, 5.41) is 0. The second kappa shape index (κ2) is 0.466. The molecular formula is C14H18FeO. The third-order valence-corrected chi connectivity index (χ3v) is 58.6. The number of hydrogen-bond donors (Lipinski definition) is 0. The molecular weight excluding hydrogens is 240 g/mol. The van der Waals surface area contributed by atoms with Crippen LogP contribution in [0.5, 0.6) is 0 Å². The van der Waals surface area contributed by atoms with Crippen molar-refractivity contribution >= 4 is 0 Å². The molecule has 10 rings (SSSR count). The summed E-state index contributed by atoms with van der Waals surface area (Å²) in [6.45, 7) is 2.89. The molecule has 88 valence electrons. The summed E-state index contributed by atoms with van der Waals surface area (Å²) in [5.41, 5.74) is 0. The molecule has 10 aliphatic rings. The van der Waals surface area contributed by atoms with Crippen LogP contribution in [-0.2, 0) is 11.2 Å². The van der Waals surface area contributed by atoms with E-state index < -0.39 is 6.51 Å². The molecule has 0 aromatic heterocycles. The first-order chi connectivity index (χ1) is 7.53. The van der Waals surface area contributed by atoms with E-state index in [4.69, 9.17) is 4.74 Å². The van der Waals surface area contributed by atoms with Gasteiger partial charge in [-0.3, -0.25) is 0 Å². The van der Waals surface area contributed by atoms with Gasteiger partial charge in [0, 0.05) is 0 Å². The molecule has 0 aromatic carbocycles. The monoisotopic (exact) mass is 258 g/mol. The number of rotatable bonds is 3. The van der Waals surface area contributed by atoms with Gasteiger partial charge in [0.25, 0.3) is 0 Å². The SMILES string of the molecule is CCOC(C)[C]12[CH]3[CH]4[CH]5[CH]1[Fe]45321678[CH]2[CH]1[CH]6[CH]7[CH]28. The van der Waals surface area contributed by atoms with E-state index >= 15 is 0 Å². The standard InChI is InChI=1S/C9H13O.C5H5.Fe/c1-3-10-8(2)9-6-4-5-7-9;1-2-4-5-3-1;/h4-8H,3H2,1-2H3;1-5H;. The van der Waals surface area contributed by atoms with Gasteiger partial charge in [0.15, 0.2) is 0 Å². The van der Waals surface area contributed by atoms with Gasteiger partial charge in [-0.25, -0.2) is 0 Å². The van der Waals surface area contributed by atoms with E-state index in [0.29, 0.717) is 6.10 Å². The first-order valence-electron chi connectivity index (χ1n) is 7.36. The summed E-state index contributed by atoms with van der Waals surface area (Å²) in [6, 6.07) is 0. The zero-order valence-electron chi connectivity index (χ0n) is 9.74. The van der Waals surface area contributed by atoms with E-state index in [2.05, 4.69) is 13.8 Å². The molecule has 5 unspecified atom stereocenters. The van der Waals surface area contributed by atoms with Crippen LogP contribution < -0.4 is 0 Å². The second-order valence-corrected chi connectivity index (χ2v) is 34.4. The molecule has 1 spiro atoms. The maximum absolute atomic E-state index is 6.20. The van der Waals surface area contributed by atoms with Crippen LogP contribution in [0, 0.1) is 0 Å². The van der Waals surface area contributed by atoms with E-state index in [1.165, 1.54) is 43.3 Å². The van der Waals surface area contributed by atoms with Gasteiger partial charge in [-0.2, -0.15) is 0 Å². The fourth-order valence-corrected chi connectivity index (χ4v) is 93.4. The Bertz CT molecular complexity index is 833. The molecule has 16 heavy (non-hydrogen) atoms.